The van der Waals surface area contributed by atoms with E-state index in [0.29, 0.717) is 17.9 Å². The maximum absolute atomic E-state index is 14.3. The van der Waals surface area contributed by atoms with Crippen molar-refractivity contribution in [3.8, 4) is 0 Å². The third-order valence-corrected chi connectivity index (χ3v) is 11.3. The zero-order chi connectivity index (χ0) is 28.7. The Hall–Kier alpha value is -2.30. The fraction of sp³-hybridized carbons (Fsp3) is 0.290. The molecule has 0 radical (unpaired) electrons. The Morgan fingerprint density at radius 3 is 2.24 bits per heavy atom. The number of hydrogen-bond acceptors (Lipinski definition) is 4. The monoisotopic (exact) mass is 715 g/mol. The molecule has 0 bridgehead atoms. The molecule has 1 saturated heterocycles. The second-order valence-electron chi connectivity index (χ2n) is 10.6. The van der Waals surface area contributed by atoms with Gasteiger partial charge >= 0.3 is 0 Å². The number of fused-ring (bicyclic) bond motifs is 1. The van der Waals surface area contributed by atoms with E-state index in [1.807, 2.05) is 36.4 Å². The Morgan fingerprint density at radius 2 is 1.56 bits per heavy atom. The van der Waals surface area contributed by atoms with Gasteiger partial charge in [-0.1, -0.05) is 67.7 Å². The standard InChI is InChI=1S/C31H28Br2ClN3O3S/c32-23-10-6-20(7-11-23)19-22-3-1-4-27-29(22)35-37(30(27)21-8-12-24(33)13-9-21)31(38)28-5-2-18-36(28)41(39,40)26-16-14-25(34)15-17-26/h6-17,19,27-28,30H,1-5,18H2/b22-19-/t27-,28-,30-/m0/s1. The minimum absolute atomic E-state index is 0.0262. The highest BCUT2D eigenvalue weighted by Gasteiger charge is 2.48. The summed E-state index contributed by atoms with van der Waals surface area (Å²) in [5.41, 5.74) is 4.11. The summed E-state index contributed by atoms with van der Waals surface area (Å²) >= 11 is 13.0. The van der Waals surface area contributed by atoms with Crippen LogP contribution in [-0.2, 0) is 14.8 Å². The largest absolute Gasteiger partial charge is 0.271 e. The summed E-state index contributed by atoms with van der Waals surface area (Å²) in [5, 5.41) is 7.05. The summed E-state index contributed by atoms with van der Waals surface area (Å²) in [5.74, 6) is -0.254. The van der Waals surface area contributed by atoms with Crippen LogP contribution in [-0.4, -0.2) is 41.9 Å². The van der Waals surface area contributed by atoms with E-state index in [1.54, 1.807) is 17.1 Å². The van der Waals surface area contributed by atoms with E-state index in [2.05, 4.69) is 50.1 Å². The number of benzene rings is 3. The first kappa shape index (κ1) is 28.8. The molecule has 2 heterocycles. The van der Waals surface area contributed by atoms with Gasteiger partial charge in [-0.05, 0) is 103 Å². The number of hydrazone groups is 1. The van der Waals surface area contributed by atoms with Crippen LogP contribution >= 0.6 is 43.5 Å². The molecule has 10 heteroatoms. The van der Waals surface area contributed by atoms with E-state index in [-0.39, 0.29) is 29.3 Å². The van der Waals surface area contributed by atoms with Gasteiger partial charge in [0.15, 0.2) is 0 Å². The van der Waals surface area contributed by atoms with Crippen LogP contribution in [0.25, 0.3) is 6.08 Å². The van der Waals surface area contributed by atoms with Crippen molar-refractivity contribution in [2.75, 3.05) is 6.54 Å². The second-order valence-corrected chi connectivity index (χ2v) is 14.8. The van der Waals surface area contributed by atoms with Crippen molar-refractivity contribution in [3.05, 3.63) is 103 Å². The van der Waals surface area contributed by atoms with Gasteiger partial charge in [0.25, 0.3) is 5.91 Å². The van der Waals surface area contributed by atoms with Crippen LogP contribution < -0.4 is 0 Å². The maximum Gasteiger partial charge on any atom is 0.261 e. The molecule has 0 unspecified atom stereocenters. The summed E-state index contributed by atoms with van der Waals surface area (Å²) in [6, 6.07) is 21.1. The molecule has 1 saturated carbocycles. The molecule has 3 aromatic rings. The Balaban J connectivity index is 1.38. The SMILES string of the molecule is O=C([C@@H]1CCCN1S(=O)(=O)c1ccc(Cl)cc1)N1N=C2/C(=C\c3ccc(Br)cc3)CCC[C@@H]2[C@@H]1c1ccc(Br)cc1. The van der Waals surface area contributed by atoms with Gasteiger partial charge in [-0.3, -0.25) is 4.79 Å². The normalized spacial score (nSPS) is 24.0. The van der Waals surface area contributed by atoms with E-state index >= 15 is 0 Å². The lowest BCUT2D eigenvalue weighted by Gasteiger charge is -2.32. The number of allylic oxidation sites excluding steroid dienone is 1. The molecular formula is C31H28Br2ClN3O3S. The average molecular weight is 718 g/mol. The highest BCUT2D eigenvalue weighted by molar-refractivity contribution is 9.10. The van der Waals surface area contributed by atoms with E-state index in [1.165, 1.54) is 16.4 Å². The lowest BCUT2D eigenvalue weighted by Crippen LogP contribution is -2.46. The molecule has 1 amide bonds. The third kappa shape index (κ3) is 5.71. The Labute approximate surface area is 262 Å². The quantitative estimate of drug-likeness (QED) is 0.270. The van der Waals surface area contributed by atoms with Crippen LogP contribution in [0.4, 0.5) is 0 Å². The molecule has 0 aromatic heterocycles. The molecule has 3 aromatic carbocycles. The van der Waals surface area contributed by atoms with Gasteiger partial charge in [0.05, 0.1) is 16.6 Å². The number of halogens is 3. The van der Waals surface area contributed by atoms with Gasteiger partial charge in [-0.15, -0.1) is 0 Å². The van der Waals surface area contributed by atoms with Crippen LogP contribution in [0.5, 0.6) is 0 Å². The molecule has 6 nitrogen and oxygen atoms in total. The van der Waals surface area contributed by atoms with Crippen molar-refractivity contribution in [1.29, 1.82) is 0 Å². The lowest BCUT2D eigenvalue weighted by atomic mass is 9.77. The van der Waals surface area contributed by atoms with E-state index in [9.17, 15) is 13.2 Å². The van der Waals surface area contributed by atoms with E-state index in [4.69, 9.17) is 16.7 Å². The summed E-state index contributed by atoms with van der Waals surface area (Å²) in [6.45, 7) is 0.285. The molecule has 6 rings (SSSR count). The third-order valence-electron chi connectivity index (χ3n) is 8.06. The zero-order valence-electron chi connectivity index (χ0n) is 22.1. The van der Waals surface area contributed by atoms with Gasteiger partial charge in [0.1, 0.15) is 6.04 Å². The van der Waals surface area contributed by atoms with Crippen molar-refractivity contribution in [2.24, 2.45) is 11.0 Å². The topological polar surface area (TPSA) is 70.1 Å². The summed E-state index contributed by atoms with van der Waals surface area (Å²) < 4.78 is 30.6. The Morgan fingerprint density at radius 1 is 0.902 bits per heavy atom. The van der Waals surface area contributed by atoms with E-state index < -0.39 is 16.1 Å². The molecule has 0 N–H and O–H groups in total. The number of carbonyl (C=O) groups is 1. The highest BCUT2D eigenvalue weighted by Crippen LogP contribution is 2.45. The van der Waals surface area contributed by atoms with Crippen LogP contribution in [0.15, 0.2) is 97.3 Å². The van der Waals surface area contributed by atoms with Gasteiger partial charge in [0.2, 0.25) is 10.0 Å². The first-order valence-electron chi connectivity index (χ1n) is 13.6. The first-order chi connectivity index (χ1) is 19.7. The van der Waals surface area contributed by atoms with Gasteiger partial charge in [-0.2, -0.15) is 9.41 Å². The predicted octanol–water partition coefficient (Wildman–Crippen LogP) is 7.84. The first-order valence-corrected chi connectivity index (χ1v) is 17.0. The number of rotatable bonds is 5. The second kappa shape index (κ2) is 11.8. The van der Waals surface area contributed by atoms with E-state index in [0.717, 1.165) is 50.6 Å². The van der Waals surface area contributed by atoms with Crippen LogP contribution in [0, 0.1) is 5.92 Å². The molecule has 0 spiro atoms. The minimum atomic E-state index is -3.89. The molecule has 2 aliphatic heterocycles. The molecular weight excluding hydrogens is 690 g/mol. The van der Waals surface area contributed by atoms with Crippen molar-refractivity contribution in [3.63, 3.8) is 0 Å². The fourth-order valence-corrected chi connectivity index (χ4v) is 8.41. The Kier molecular flexibility index (Phi) is 8.26. The number of hydrogen-bond donors (Lipinski definition) is 0. The highest BCUT2D eigenvalue weighted by atomic mass is 79.9. The molecule has 2 fully saturated rings. The molecule has 3 atom stereocenters. The molecule has 41 heavy (non-hydrogen) atoms. The summed E-state index contributed by atoms with van der Waals surface area (Å²) in [6.07, 6.45) is 5.99. The Bertz CT molecular complexity index is 1620. The number of nitrogens with zero attached hydrogens (tertiary/aromatic N) is 3. The van der Waals surface area contributed by atoms with Crippen molar-refractivity contribution >= 4 is 71.2 Å². The maximum atomic E-state index is 14.3. The number of sulfonamides is 1. The van der Waals surface area contributed by atoms with Gasteiger partial charge < -0.3 is 0 Å². The average Bonchev–Trinajstić information content (AvgIpc) is 3.62. The van der Waals surface area contributed by atoms with Crippen LogP contribution in [0.1, 0.15) is 49.3 Å². The minimum Gasteiger partial charge on any atom is -0.271 e. The smallest absolute Gasteiger partial charge is 0.261 e. The van der Waals surface area contributed by atoms with Crippen molar-refractivity contribution < 1.29 is 13.2 Å². The van der Waals surface area contributed by atoms with Crippen LogP contribution in [0.2, 0.25) is 5.02 Å². The molecule has 3 aliphatic rings. The number of carbonyl (C=O) groups excluding carboxylic acids is 1. The van der Waals surface area contributed by atoms with Crippen molar-refractivity contribution in [2.45, 2.75) is 49.1 Å². The van der Waals surface area contributed by atoms with Gasteiger partial charge in [-0.25, -0.2) is 13.4 Å². The molecule has 212 valence electrons. The van der Waals surface area contributed by atoms with Crippen LogP contribution in [0.3, 0.4) is 0 Å². The van der Waals surface area contributed by atoms with Gasteiger partial charge in [0, 0.05) is 26.4 Å². The zero-order valence-corrected chi connectivity index (χ0v) is 26.8. The fourth-order valence-electron chi connectivity index (χ4n) is 6.11. The van der Waals surface area contributed by atoms with Crippen molar-refractivity contribution in [1.82, 2.24) is 9.31 Å². The molecule has 1 aliphatic carbocycles. The summed E-state index contributed by atoms with van der Waals surface area (Å²) in [7, 11) is -3.89. The predicted molar refractivity (Wildman–Crippen MR) is 169 cm³/mol. The number of amides is 1. The summed E-state index contributed by atoms with van der Waals surface area (Å²) in [4.78, 5) is 14.5. The lowest BCUT2D eigenvalue weighted by molar-refractivity contribution is -0.137.